The number of aliphatic carboxylic acids is 1. The van der Waals surface area contributed by atoms with Crippen LogP contribution in [0, 0.1) is 17.2 Å². The summed E-state index contributed by atoms with van der Waals surface area (Å²) in [4.78, 5) is 30.8. The first-order valence-corrected chi connectivity index (χ1v) is 13.0. The number of carboxylic acid groups (broad SMARTS) is 1. The van der Waals surface area contributed by atoms with E-state index in [0.717, 1.165) is 52.8 Å². The van der Waals surface area contributed by atoms with Crippen molar-refractivity contribution >= 4 is 23.1 Å². The Morgan fingerprint density at radius 1 is 1.19 bits per heavy atom. The van der Waals surface area contributed by atoms with Crippen molar-refractivity contribution in [3.05, 3.63) is 64.5 Å². The summed E-state index contributed by atoms with van der Waals surface area (Å²) < 4.78 is 7.27. The highest BCUT2D eigenvalue weighted by atomic mass is 16.5. The lowest BCUT2D eigenvalue weighted by atomic mass is 9.81. The van der Waals surface area contributed by atoms with E-state index in [1.54, 1.807) is 4.90 Å². The Balaban J connectivity index is 1.62. The molecule has 192 valence electrons. The molecular weight excluding hydrogens is 468 g/mol. The monoisotopic (exact) mass is 500 g/mol. The topological polar surface area (TPSA) is 108 Å². The van der Waals surface area contributed by atoms with E-state index < -0.39 is 5.97 Å². The zero-order chi connectivity index (χ0) is 25.9. The Hall–Kier alpha value is -3.86. The molecule has 1 aliphatic carbocycles. The van der Waals surface area contributed by atoms with Crippen LogP contribution in [0.5, 0.6) is 0 Å². The first kappa shape index (κ1) is 24.8. The number of imidazole rings is 1. The molecule has 2 aromatic carbocycles. The molecule has 0 radical (unpaired) electrons. The number of aryl methyl sites for hydroxylation is 2. The Morgan fingerprint density at radius 2 is 1.95 bits per heavy atom. The highest BCUT2D eigenvalue weighted by Gasteiger charge is 2.32. The molecular formula is C29H32N4O4. The first-order valence-electron chi connectivity index (χ1n) is 13.0. The van der Waals surface area contributed by atoms with Gasteiger partial charge >= 0.3 is 12.1 Å². The van der Waals surface area contributed by atoms with Crippen molar-refractivity contribution in [1.82, 2.24) is 14.5 Å². The van der Waals surface area contributed by atoms with Crippen molar-refractivity contribution in [3.8, 4) is 6.07 Å². The van der Waals surface area contributed by atoms with Crippen molar-refractivity contribution in [1.29, 1.82) is 5.26 Å². The van der Waals surface area contributed by atoms with Gasteiger partial charge in [0.05, 0.1) is 43.1 Å². The molecule has 8 heteroatoms. The molecule has 0 spiro atoms. The molecule has 5 rings (SSSR count). The minimum Gasteiger partial charge on any atom is -0.481 e. The standard InChI is InChI=1S/C29H32N4O4/c1-37-29(36)32-15-13-22-17-23(11-14-30)26-25(24(22)18-32)31-27(20-7-9-21(10-8-20)28(34)35)33(26)16-12-19-5-3-2-4-6-19/h2-6,17,20-21H,7-13,15-16,18H2,1H3,(H,34,35)/t20-,21-. The van der Waals surface area contributed by atoms with Crippen LogP contribution in [0.25, 0.3) is 11.0 Å². The SMILES string of the molecule is COC(=O)N1CCc2cc(CC#N)c3c(nc([C@H]4CC[C@H](C(=O)O)CC4)n3CCc3ccccc3)c2C1. The number of carbonyl (C=O) groups is 2. The fourth-order valence-corrected chi connectivity index (χ4v) is 5.98. The molecule has 1 N–H and O–H groups in total. The molecule has 0 saturated heterocycles. The Labute approximate surface area is 216 Å². The van der Waals surface area contributed by atoms with E-state index in [1.165, 1.54) is 12.7 Å². The fraction of sp³-hybridized carbons (Fsp3) is 0.448. The van der Waals surface area contributed by atoms with Crippen LogP contribution in [0.15, 0.2) is 36.4 Å². The molecule has 1 aliphatic heterocycles. The van der Waals surface area contributed by atoms with E-state index in [0.29, 0.717) is 38.9 Å². The molecule has 3 aromatic rings. The van der Waals surface area contributed by atoms with Gasteiger partial charge in [-0.2, -0.15) is 5.26 Å². The zero-order valence-corrected chi connectivity index (χ0v) is 21.2. The maximum Gasteiger partial charge on any atom is 0.409 e. The largest absolute Gasteiger partial charge is 0.481 e. The number of carbonyl (C=O) groups excluding carboxylic acids is 1. The lowest BCUT2D eigenvalue weighted by Gasteiger charge is -2.28. The molecule has 0 unspecified atom stereocenters. The zero-order valence-electron chi connectivity index (χ0n) is 21.2. The number of benzene rings is 2. The van der Waals surface area contributed by atoms with E-state index in [-0.39, 0.29) is 24.3 Å². The van der Waals surface area contributed by atoms with Gasteiger partial charge in [0.1, 0.15) is 5.82 Å². The number of methoxy groups -OCH3 is 1. The normalized spacial score (nSPS) is 19.3. The maximum atomic E-state index is 12.3. The number of carboxylic acids is 1. The van der Waals surface area contributed by atoms with Crippen molar-refractivity contribution < 1.29 is 19.4 Å². The molecule has 0 bridgehead atoms. The quantitative estimate of drug-likeness (QED) is 0.519. The van der Waals surface area contributed by atoms with Crippen LogP contribution in [-0.2, 0) is 41.9 Å². The van der Waals surface area contributed by atoms with Gasteiger partial charge in [0.25, 0.3) is 0 Å². The molecule has 1 aromatic heterocycles. The number of hydrogen-bond acceptors (Lipinski definition) is 5. The Kier molecular flexibility index (Phi) is 7.13. The van der Waals surface area contributed by atoms with Gasteiger partial charge in [0.2, 0.25) is 0 Å². The van der Waals surface area contributed by atoms with Crippen molar-refractivity contribution in [3.63, 3.8) is 0 Å². The third-order valence-corrected chi connectivity index (χ3v) is 7.93. The van der Waals surface area contributed by atoms with Crippen molar-refractivity contribution in [2.24, 2.45) is 5.92 Å². The van der Waals surface area contributed by atoms with Gasteiger partial charge in [-0.15, -0.1) is 0 Å². The molecule has 8 nitrogen and oxygen atoms in total. The summed E-state index contributed by atoms with van der Waals surface area (Å²) in [6.45, 7) is 1.71. The molecule has 2 heterocycles. The molecule has 1 amide bonds. The first-order chi connectivity index (χ1) is 18.0. The van der Waals surface area contributed by atoms with Crippen LogP contribution >= 0.6 is 0 Å². The second-order valence-corrected chi connectivity index (χ2v) is 10.1. The number of rotatable bonds is 6. The summed E-state index contributed by atoms with van der Waals surface area (Å²) in [5, 5.41) is 19.2. The van der Waals surface area contributed by atoms with Gasteiger partial charge in [-0.25, -0.2) is 9.78 Å². The van der Waals surface area contributed by atoms with E-state index in [9.17, 15) is 20.0 Å². The van der Waals surface area contributed by atoms with Crippen LogP contribution in [0.4, 0.5) is 4.79 Å². The van der Waals surface area contributed by atoms with Gasteiger partial charge in [0.15, 0.2) is 0 Å². The van der Waals surface area contributed by atoms with Crippen LogP contribution in [0.1, 0.15) is 59.7 Å². The van der Waals surface area contributed by atoms with Gasteiger partial charge in [-0.05, 0) is 55.2 Å². The van der Waals surface area contributed by atoms with E-state index in [4.69, 9.17) is 9.72 Å². The number of hydrogen-bond donors (Lipinski definition) is 1. The highest BCUT2D eigenvalue weighted by Crippen LogP contribution is 2.39. The minimum absolute atomic E-state index is 0.157. The van der Waals surface area contributed by atoms with Crippen molar-refractivity contribution in [2.45, 2.75) is 64.0 Å². The van der Waals surface area contributed by atoms with Crippen LogP contribution < -0.4 is 0 Å². The van der Waals surface area contributed by atoms with Crippen LogP contribution in [-0.4, -0.2) is 45.3 Å². The van der Waals surface area contributed by atoms with Crippen LogP contribution in [0.3, 0.4) is 0 Å². The third-order valence-electron chi connectivity index (χ3n) is 7.93. The van der Waals surface area contributed by atoms with E-state index in [1.807, 2.05) is 18.2 Å². The summed E-state index contributed by atoms with van der Waals surface area (Å²) in [6, 6.07) is 14.8. The summed E-state index contributed by atoms with van der Waals surface area (Å²) in [5.74, 6) is 0.112. The minimum atomic E-state index is -0.718. The Morgan fingerprint density at radius 3 is 2.62 bits per heavy atom. The summed E-state index contributed by atoms with van der Waals surface area (Å²) >= 11 is 0. The number of fused-ring (bicyclic) bond motifs is 3. The number of ether oxygens (including phenoxy) is 1. The lowest BCUT2D eigenvalue weighted by Crippen LogP contribution is -2.36. The number of amides is 1. The average Bonchev–Trinajstić information content (AvgIpc) is 3.32. The van der Waals surface area contributed by atoms with Gasteiger partial charge in [0, 0.05) is 24.6 Å². The van der Waals surface area contributed by atoms with E-state index >= 15 is 0 Å². The van der Waals surface area contributed by atoms with E-state index in [2.05, 4.69) is 28.8 Å². The maximum absolute atomic E-state index is 12.3. The summed E-state index contributed by atoms with van der Waals surface area (Å²) in [7, 11) is 1.40. The fourth-order valence-electron chi connectivity index (χ4n) is 5.98. The van der Waals surface area contributed by atoms with Crippen molar-refractivity contribution in [2.75, 3.05) is 13.7 Å². The average molecular weight is 501 g/mol. The van der Waals surface area contributed by atoms with Gasteiger partial charge in [-0.1, -0.05) is 36.4 Å². The Bertz CT molecular complexity index is 1350. The third kappa shape index (κ3) is 4.91. The highest BCUT2D eigenvalue weighted by molar-refractivity contribution is 5.86. The predicted octanol–water partition coefficient (Wildman–Crippen LogP) is 4.83. The second-order valence-electron chi connectivity index (χ2n) is 10.1. The molecule has 0 atom stereocenters. The smallest absolute Gasteiger partial charge is 0.409 e. The van der Waals surface area contributed by atoms with Gasteiger partial charge in [-0.3, -0.25) is 4.79 Å². The summed E-state index contributed by atoms with van der Waals surface area (Å²) in [5.41, 5.74) is 6.17. The number of aromatic nitrogens is 2. The van der Waals surface area contributed by atoms with Crippen LogP contribution in [0.2, 0.25) is 0 Å². The lowest BCUT2D eigenvalue weighted by molar-refractivity contribution is -0.142. The summed E-state index contributed by atoms with van der Waals surface area (Å²) in [6.07, 6.45) is 4.27. The van der Waals surface area contributed by atoms with Gasteiger partial charge < -0.3 is 19.3 Å². The predicted molar refractivity (Wildman–Crippen MR) is 138 cm³/mol. The second kappa shape index (κ2) is 10.6. The molecule has 37 heavy (non-hydrogen) atoms. The molecule has 1 fully saturated rings. The number of nitrogens with zero attached hydrogens (tertiary/aromatic N) is 4. The molecule has 1 saturated carbocycles. The molecule has 2 aliphatic rings. The number of nitriles is 1.